The predicted molar refractivity (Wildman–Crippen MR) is 118 cm³/mol. The molecule has 2 heterocycles. The van der Waals surface area contributed by atoms with Gasteiger partial charge in [-0.25, -0.2) is 0 Å². The number of likely N-dealkylation sites (N-methyl/N-ethyl adjacent to an activating group) is 1. The van der Waals surface area contributed by atoms with Gasteiger partial charge in [0.05, 0.1) is 12.2 Å². The summed E-state index contributed by atoms with van der Waals surface area (Å²) in [7, 11) is 0. The van der Waals surface area contributed by atoms with Crippen LogP contribution < -0.4 is 10.2 Å². The number of ether oxygens (including phenoxy) is 1. The number of rotatable bonds is 10. The largest absolute Gasteiger partial charge is 0.481 e. The molecule has 2 amide bonds. The Labute approximate surface area is 183 Å². The molecule has 0 aromatic heterocycles. The second-order valence-corrected chi connectivity index (χ2v) is 8.21. The van der Waals surface area contributed by atoms with E-state index in [4.69, 9.17) is 9.84 Å². The fraction of sp³-hybridized carbons (Fsp3) is 0.542. The van der Waals surface area contributed by atoms with Gasteiger partial charge in [0.1, 0.15) is 0 Å². The zero-order valence-corrected chi connectivity index (χ0v) is 18.0. The van der Waals surface area contributed by atoms with E-state index in [9.17, 15) is 14.4 Å². The summed E-state index contributed by atoms with van der Waals surface area (Å²) in [6, 6.07) is 9.19. The molecule has 7 heteroatoms. The first kappa shape index (κ1) is 23.0. The summed E-state index contributed by atoms with van der Waals surface area (Å²) in [4.78, 5) is 37.3. The topological polar surface area (TPSA) is 95.9 Å². The van der Waals surface area contributed by atoms with Crippen LogP contribution in [0.2, 0.25) is 0 Å². The highest BCUT2D eigenvalue weighted by Crippen LogP contribution is 2.44. The lowest BCUT2D eigenvalue weighted by molar-refractivity contribution is -0.137. The van der Waals surface area contributed by atoms with Gasteiger partial charge in [-0.15, -0.1) is 0 Å². The van der Waals surface area contributed by atoms with Crippen LogP contribution in [0.3, 0.4) is 0 Å². The molecular formula is C24H32N2O5. The maximum atomic E-state index is 12.7. The van der Waals surface area contributed by atoms with Crippen LogP contribution in [0.1, 0.15) is 45.4 Å². The number of carboxylic acids is 1. The van der Waals surface area contributed by atoms with Crippen molar-refractivity contribution in [3.8, 4) is 0 Å². The highest BCUT2D eigenvalue weighted by Gasteiger charge is 2.48. The van der Waals surface area contributed by atoms with E-state index < -0.39 is 17.8 Å². The molecule has 2 bridgehead atoms. The van der Waals surface area contributed by atoms with Crippen molar-refractivity contribution in [2.75, 3.05) is 18.0 Å². The molecule has 0 radical (unpaired) electrons. The number of unbranched alkanes of at least 4 members (excludes halogenated alkanes) is 1. The summed E-state index contributed by atoms with van der Waals surface area (Å²) in [5.74, 6) is -1.41. The number of hydrogen-bond donors (Lipinski definition) is 2. The van der Waals surface area contributed by atoms with Crippen molar-refractivity contribution in [3.63, 3.8) is 0 Å². The number of hydrogen-bond acceptors (Lipinski definition) is 4. The predicted octanol–water partition coefficient (Wildman–Crippen LogP) is 3.15. The summed E-state index contributed by atoms with van der Waals surface area (Å²) >= 11 is 0. The SMILES string of the molecule is CCN(C(=O)C(=O)NC[C@@H]1[C@@H](CC=CCCCC(=O)O)[C@H]2CC[C@@H]1O2)c1ccccc1. The summed E-state index contributed by atoms with van der Waals surface area (Å²) in [6.07, 6.45) is 8.89. The summed E-state index contributed by atoms with van der Waals surface area (Å²) in [6.45, 7) is 2.69. The first-order valence-corrected chi connectivity index (χ1v) is 11.2. The molecule has 2 fully saturated rings. The Morgan fingerprint density at radius 2 is 1.84 bits per heavy atom. The van der Waals surface area contributed by atoms with E-state index in [2.05, 4.69) is 11.4 Å². The summed E-state index contributed by atoms with van der Waals surface area (Å²) in [5, 5.41) is 11.6. The van der Waals surface area contributed by atoms with E-state index in [0.717, 1.165) is 25.7 Å². The van der Waals surface area contributed by atoms with Gasteiger partial charge >= 0.3 is 17.8 Å². The van der Waals surface area contributed by atoms with Gasteiger partial charge in [0.25, 0.3) is 0 Å². The highest BCUT2D eigenvalue weighted by atomic mass is 16.5. The van der Waals surface area contributed by atoms with Gasteiger partial charge in [0, 0.05) is 31.1 Å². The molecule has 7 nitrogen and oxygen atoms in total. The van der Waals surface area contributed by atoms with Gasteiger partial charge in [-0.3, -0.25) is 14.4 Å². The Balaban J connectivity index is 1.51. The number of benzene rings is 1. The average Bonchev–Trinajstić information content (AvgIpc) is 3.37. The van der Waals surface area contributed by atoms with E-state index in [1.165, 1.54) is 4.90 Å². The number of nitrogens with one attached hydrogen (secondary N) is 1. The number of amides is 2. The number of fused-ring (bicyclic) bond motifs is 2. The van der Waals surface area contributed by atoms with E-state index in [1.54, 1.807) is 0 Å². The Hall–Kier alpha value is -2.67. The normalized spacial score (nSPS) is 24.4. The van der Waals surface area contributed by atoms with E-state index in [0.29, 0.717) is 31.1 Å². The van der Waals surface area contributed by atoms with Gasteiger partial charge in [0.2, 0.25) is 0 Å². The molecule has 2 N–H and O–H groups in total. The lowest BCUT2D eigenvalue weighted by Gasteiger charge is -2.28. The first-order valence-electron chi connectivity index (χ1n) is 11.2. The van der Waals surface area contributed by atoms with Crippen molar-refractivity contribution in [2.24, 2.45) is 11.8 Å². The van der Waals surface area contributed by atoms with Crippen LogP contribution >= 0.6 is 0 Å². The molecule has 0 aliphatic carbocycles. The maximum absolute atomic E-state index is 12.7. The van der Waals surface area contributed by atoms with Crippen molar-refractivity contribution in [1.29, 1.82) is 0 Å². The number of carboxylic acid groups (broad SMARTS) is 1. The Kier molecular flexibility index (Phi) is 8.23. The zero-order valence-electron chi connectivity index (χ0n) is 18.0. The fourth-order valence-corrected chi connectivity index (χ4v) is 4.68. The Morgan fingerprint density at radius 1 is 1.13 bits per heavy atom. The smallest absolute Gasteiger partial charge is 0.316 e. The van der Waals surface area contributed by atoms with Gasteiger partial charge in [-0.2, -0.15) is 0 Å². The molecule has 2 saturated heterocycles. The Morgan fingerprint density at radius 3 is 2.52 bits per heavy atom. The minimum atomic E-state index is -0.769. The number of aliphatic carboxylic acids is 1. The molecule has 31 heavy (non-hydrogen) atoms. The molecule has 2 aliphatic heterocycles. The molecule has 0 spiro atoms. The molecule has 1 aromatic carbocycles. The van der Waals surface area contributed by atoms with Crippen LogP contribution in [0, 0.1) is 11.8 Å². The zero-order chi connectivity index (χ0) is 22.2. The van der Waals surface area contributed by atoms with Crippen molar-refractivity contribution in [3.05, 3.63) is 42.5 Å². The van der Waals surface area contributed by atoms with Gasteiger partial charge in [-0.1, -0.05) is 30.4 Å². The minimum absolute atomic E-state index is 0.127. The van der Waals surface area contributed by atoms with E-state index in [1.807, 2.05) is 43.3 Å². The molecule has 1 aromatic rings. The summed E-state index contributed by atoms with van der Waals surface area (Å²) in [5.41, 5.74) is 0.708. The lowest BCUT2D eigenvalue weighted by Crippen LogP contribution is -2.46. The molecular weight excluding hydrogens is 396 g/mol. The van der Waals surface area contributed by atoms with Crippen LogP contribution in [-0.2, 0) is 19.1 Å². The summed E-state index contributed by atoms with van der Waals surface area (Å²) < 4.78 is 6.08. The van der Waals surface area contributed by atoms with Gasteiger partial charge in [-0.05, 0) is 57.1 Å². The van der Waals surface area contributed by atoms with Crippen LogP contribution in [0.4, 0.5) is 5.69 Å². The monoisotopic (exact) mass is 428 g/mol. The lowest BCUT2D eigenvalue weighted by atomic mass is 9.77. The Bertz CT molecular complexity index is 794. The van der Waals surface area contributed by atoms with Gasteiger partial charge in [0.15, 0.2) is 0 Å². The van der Waals surface area contributed by atoms with Crippen LogP contribution in [0.25, 0.3) is 0 Å². The van der Waals surface area contributed by atoms with Crippen LogP contribution in [0.15, 0.2) is 42.5 Å². The number of carbonyl (C=O) groups excluding carboxylic acids is 2. The standard InChI is InChI=1S/C24H32N2O5/c1-2-26(17-10-6-5-7-11-17)24(30)23(29)25-16-19-18(20-14-15-21(19)31-20)12-8-3-4-9-13-22(27)28/h3,5-8,10-11,18-21H,2,4,9,12-16H2,1H3,(H,25,29)(H,27,28)/t18-,19-,20-,21+/m1/s1. The van der Waals surface area contributed by atoms with E-state index in [-0.39, 0.29) is 24.5 Å². The average molecular weight is 429 g/mol. The third-order valence-electron chi connectivity index (χ3n) is 6.25. The van der Waals surface area contributed by atoms with Gasteiger partial charge < -0.3 is 20.1 Å². The molecule has 0 unspecified atom stereocenters. The minimum Gasteiger partial charge on any atom is -0.481 e. The number of allylic oxidation sites excluding steroid dienone is 2. The molecule has 4 atom stereocenters. The number of nitrogens with zero attached hydrogens (tertiary/aromatic N) is 1. The van der Waals surface area contributed by atoms with E-state index >= 15 is 0 Å². The number of carbonyl (C=O) groups is 3. The molecule has 168 valence electrons. The molecule has 0 saturated carbocycles. The van der Waals surface area contributed by atoms with Crippen LogP contribution in [0.5, 0.6) is 0 Å². The third kappa shape index (κ3) is 5.94. The second-order valence-electron chi connectivity index (χ2n) is 8.21. The maximum Gasteiger partial charge on any atom is 0.316 e. The quantitative estimate of drug-likeness (QED) is 0.339. The number of anilines is 1. The highest BCUT2D eigenvalue weighted by molar-refractivity contribution is 6.40. The van der Waals surface area contributed by atoms with Crippen LogP contribution in [-0.4, -0.2) is 48.2 Å². The van der Waals surface area contributed by atoms with Crippen molar-refractivity contribution in [2.45, 2.75) is 57.7 Å². The second kappa shape index (κ2) is 11.1. The molecule has 3 rings (SSSR count). The third-order valence-corrected chi connectivity index (χ3v) is 6.25. The molecule has 2 aliphatic rings. The first-order chi connectivity index (χ1) is 15.0. The fourth-order valence-electron chi connectivity index (χ4n) is 4.68. The van der Waals surface area contributed by atoms with Crippen molar-refractivity contribution >= 4 is 23.5 Å². The van der Waals surface area contributed by atoms with Crippen molar-refractivity contribution < 1.29 is 24.2 Å². The number of para-hydroxylation sites is 1. The van der Waals surface area contributed by atoms with Crippen molar-refractivity contribution in [1.82, 2.24) is 5.32 Å².